The molecule has 3 aliphatic heterocycles. The molecule has 0 radical (unpaired) electrons. The summed E-state index contributed by atoms with van der Waals surface area (Å²) >= 11 is 0. The lowest BCUT2D eigenvalue weighted by Crippen LogP contribution is -2.45. The van der Waals surface area contributed by atoms with Crippen molar-refractivity contribution < 1.29 is 24.1 Å². The molecule has 0 aromatic heterocycles. The van der Waals surface area contributed by atoms with Gasteiger partial charge in [-0.2, -0.15) is 0 Å². The maximum atomic E-state index is 11.9. The summed E-state index contributed by atoms with van der Waals surface area (Å²) in [6.45, 7) is 3.71. The highest BCUT2D eigenvalue weighted by atomic mass is 16.6. The molecule has 0 aromatic rings. The molecule has 144 valence electrons. The normalized spacial score (nSPS) is 35.7. The fourth-order valence-corrected chi connectivity index (χ4v) is 3.89. The van der Waals surface area contributed by atoms with Gasteiger partial charge in [-0.3, -0.25) is 4.79 Å². The molecule has 3 saturated heterocycles. The molecule has 1 amide bonds. The lowest BCUT2D eigenvalue weighted by atomic mass is 10.0. The molecule has 3 aliphatic rings. The van der Waals surface area contributed by atoms with Crippen molar-refractivity contribution in [2.75, 3.05) is 39.9 Å². The Kier molecular flexibility index (Phi) is 7.03. The Morgan fingerprint density at radius 3 is 2.84 bits per heavy atom. The topological polar surface area (TPSA) is 101 Å². The van der Waals surface area contributed by atoms with Crippen molar-refractivity contribution in [1.29, 1.82) is 0 Å². The highest BCUT2D eigenvalue weighted by Gasteiger charge is 2.50. The predicted octanol–water partition coefficient (Wildman–Crippen LogP) is -1.23. The summed E-state index contributed by atoms with van der Waals surface area (Å²) in [6.07, 6.45) is 1.66. The summed E-state index contributed by atoms with van der Waals surface area (Å²) in [5.41, 5.74) is 0. The number of nitrogens with one attached hydrogen (secondary N) is 3. The summed E-state index contributed by atoms with van der Waals surface area (Å²) in [5.74, 6) is -0.0550. The van der Waals surface area contributed by atoms with Gasteiger partial charge in [0.05, 0.1) is 31.3 Å². The Morgan fingerprint density at radius 1 is 1.32 bits per heavy atom. The van der Waals surface area contributed by atoms with Crippen molar-refractivity contribution in [2.45, 2.75) is 62.2 Å². The van der Waals surface area contributed by atoms with Crippen LogP contribution >= 0.6 is 0 Å². The minimum Gasteiger partial charge on any atom is -0.388 e. The smallest absolute Gasteiger partial charge is 0.222 e. The van der Waals surface area contributed by atoms with Gasteiger partial charge in [-0.15, -0.1) is 0 Å². The Labute approximate surface area is 149 Å². The van der Waals surface area contributed by atoms with Crippen LogP contribution < -0.4 is 16.0 Å². The number of rotatable bonds is 8. The van der Waals surface area contributed by atoms with E-state index in [2.05, 4.69) is 16.0 Å². The van der Waals surface area contributed by atoms with Crippen molar-refractivity contribution >= 4 is 5.91 Å². The number of hydrogen-bond donors (Lipinski definition) is 4. The molecule has 5 atom stereocenters. The predicted molar refractivity (Wildman–Crippen MR) is 91.3 cm³/mol. The van der Waals surface area contributed by atoms with Gasteiger partial charge >= 0.3 is 0 Å². The number of aliphatic hydroxyl groups is 1. The molecule has 8 nitrogen and oxygen atoms in total. The Morgan fingerprint density at radius 2 is 2.12 bits per heavy atom. The van der Waals surface area contributed by atoms with E-state index in [1.807, 2.05) is 0 Å². The van der Waals surface area contributed by atoms with Crippen molar-refractivity contribution in [2.24, 2.45) is 0 Å². The van der Waals surface area contributed by atoms with Gasteiger partial charge in [0.1, 0.15) is 12.2 Å². The van der Waals surface area contributed by atoms with Crippen LogP contribution in [-0.4, -0.2) is 87.5 Å². The lowest BCUT2D eigenvalue weighted by molar-refractivity contribution is -0.124. The first kappa shape index (κ1) is 19.0. The zero-order chi connectivity index (χ0) is 17.6. The summed E-state index contributed by atoms with van der Waals surface area (Å²) in [7, 11) is 1.60. The zero-order valence-corrected chi connectivity index (χ0v) is 14.9. The third-order valence-corrected chi connectivity index (χ3v) is 5.27. The number of fused-ring (bicyclic) bond motifs is 1. The van der Waals surface area contributed by atoms with Gasteiger partial charge in [0.15, 0.2) is 0 Å². The van der Waals surface area contributed by atoms with Gasteiger partial charge in [0.25, 0.3) is 0 Å². The first-order chi connectivity index (χ1) is 12.2. The van der Waals surface area contributed by atoms with E-state index in [0.29, 0.717) is 38.6 Å². The number of carbonyl (C=O) groups is 1. The molecular formula is C17H31N3O5. The average Bonchev–Trinajstić information content (AvgIpc) is 3.13. The van der Waals surface area contributed by atoms with Crippen LogP contribution in [0, 0.1) is 0 Å². The minimum absolute atomic E-state index is 0.0550. The number of aliphatic hydroxyl groups excluding tert-OH is 1. The molecule has 8 heteroatoms. The van der Waals surface area contributed by atoms with Crippen molar-refractivity contribution in [1.82, 2.24) is 16.0 Å². The van der Waals surface area contributed by atoms with E-state index in [9.17, 15) is 9.90 Å². The number of methoxy groups -OCH3 is 1. The number of carbonyl (C=O) groups excluding carboxylic acids is 1. The molecule has 5 unspecified atom stereocenters. The van der Waals surface area contributed by atoms with Crippen LogP contribution in [0.4, 0.5) is 0 Å². The van der Waals surface area contributed by atoms with Crippen LogP contribution in [-0.2, 0) is 19.0 Å². The molecular weight excluding hydrogens is 326 g/mol. The lowest BCUT2D eigenvalue weighted by Gasteiger charge is -2.26. The largest absolute Gasteiger partial charge is 0.388 e. The van der Waals surface area contributed by atoms with Crippen molar-refractivity contribution in [3.63, 3.8) is 0 Å². The molecule has 0 spiro atoms. The molecule has 3 rings (SSSR count). The van der Waals surface area contributed by atoms with Gasteiger partial charge in [0, 0.05) is 32.7 Å². The van der Waals surface area contributed by atoms with Crippen molar-refractivity contribution in [3.8, 4) is 0 Å². The van der Waals surface area contributed by atoms with E-state index in [1.54, 1.807) is 7.11 Å². The summed E-state index contributed by atoms with van der Waals surface area (Å²) < 4.78 is 16.8. The quantitative estimate of drug-likeness (QED) is 0.404. The average molecular weight is 357 g/mol. The molecule has 0 aliphatic carbocycles. The van der Waals surface area contributed by atoms with Crippen LogP contribution in [0.15, 0.2) is 0 Å². The Bertz CT molecular complexity index is 433. The Hall–Kier alpha value is -0.770. The molecule has 0 aromatic carbocycles. The minimum atomic E-state index is -0.638. The van der Waals surface area contributed by atoms with Crippen LogP contribution in [0.3, 0.4) is 0 Å². The molecule has 3 heterocycles. The summed E-state index contributed by atoms with van der Waals surface area (Å²) in [5, 5.41) is 20.1. The van der Waals surface area contributed by atoms with Gasteiger partial charge in [-0.05, 0) is 25.9 Å². The van der Waals surface area contributed by atoms with Gasteiger partial charge < -0.3 is 35.3 Å². The standard InChI is InChI=1S/C17H31N3O5/c1-23-7-6-19-15(21)9-12-8-13-17(24-12)16(22)14(25-13)10-20-11-2-4-18-5-3-11/h11-14,16-18,20,22H,2-10H2,1H3,(H,19,21). The van der Waals surface area contributed by atoms with E-state index < -0.39 is 6.10 Å². The third-order valence-electron chi connectivity index (χ3n) is 5.27. The first-order valence-corrected chi connectivity index (χ1v) is 9.36. The maximum absolute atomic E-state index is 11.9. The molecule has 3 fully saturated rings. The summed E-state index contributed by atoms with van der Waals surface area (Å²) in [6, 6.07) is 0.488. The first-order valence-electron chi connectivity index (χ1n) is 9.36. The fourth-order valence-electron chi connectivity index (χ4n) is 3.89. The van der Waals surface area contributed by atoms with Crippen LogP contribution in [0.5, 0.6) is 0 Å². The van der Waals surface area contributed by atoms with E-state index in [4.69, 9.17) is 14.2 Å². The fraction of sp³-hybridized carbons (Fsp3) is 0.941. The molecule has 0 bridgehead atoms. The van der Waals surface area contributed by atoms with Gasteiger partial charge in [0.2, 0.25) is 5.91 Å². The van der Waals surface area contributed by atoms with Crippen LogP contribution in [0.2, 0.25) is 0 Å². The highest BCUT2D eigenvalue weighted by molar-refractivity contribution is 5.76. The summed E-state index contributed by atoms with van der Waals surface area (Å²) in [4.78, 5) is 11.9. The van der Waals surface area contributed by atoms with E-state index in [1.165, 1.54) is 0 Å². The maximum Gasteiger partial charge on any atom is 0.222 e. The third kappa shape index (κ3) is 5.12. The number of hydrogen-bond acceptors (Lipinski definition) is 7. The van der Waals surface area contributed by atoms with Gasteiger partial charge in [-0.1, -0.05) is 0 Å². The molecule has 4 N–H and O–H groups in total. The monoisotopic (exact) mass is 357 g/mol. The van der Waals surface area contributed by atoms with E-state index in [0.717, 1.165) is 25.9 Å². The second-order valence-corrected chi connectivity index (χ2v) is 7.14. The molecule has 0 saturated carbocycles. The van der Waals surface area contributed by atoms with Crippen molar-refractivity contribution in [3.05, 3.63) is 0 Å². The van der Waals surface area contributed by atoms with Gasteiger partial charge in [-0.25, -0.2) is 0 Å². The SMILES string of the molecule is COCCNC(=O)CC1CC2OC(CNC3CCNCC3)C(O)C2O1. The van der Waals surface area contributed by atoms with E-state index in [-0.39, 0.29) is 30.3 Å². The van der Waals surface area contributed by atoms with E-state index >= 15 is 0 Å². The second kappa shape index (κ2) is 9.25. The number of amides is 1. The molecule has 25 heavy (non-hydrogen) atoms. The second-order valence-electron chi connectivity index (χ2n) is 7.14. The zero-order valence-electron chi connectivity index (χ0n) is 14.9. The number of piperidine rings is 1. The Balaban J connectivity index is 1.37. The highest BCUT2D eigenvalue weighted by Crippen LogP contribution is 2.35. The van der Waals surface area contributed by atoms with Crippen LogP contribution in [0.1, 0.15) is 25.7 Å². The number of ether oxygens (including phenoxy) is 3. The van der Waals surface area contributed by atoms with Crippen LogP contribution in [0.25, 0.3) is 0 Å².